The lowest BCUT2D eigenvalue weighted by Gasteiger charge is -2.25. The van der Waals surface area contributed by atoms with Gasteiger partial charge in [-0.2, -0.15) is 0 Å². The monoisotopic (exact) mass is 356 g/mol. The highest BCUT2D eigenvalue weighted by Crippen LogP contribution is 2.29. The number of nitrogens with one attached hydrogen (secondary N) is 2. The number of anilines is 1. The van der Waals surface area contributed by atoms with Gasteiger partial charge in [-0.15, -0.1) is 11.3 Å². The standard InChI is InChI=1S/C19H24N4OS/c24-18(11-20-10-14-6-7-14)22-19-21-16-8-9-23(13-17(16)25-19)12-15-4-2-1-3-5-15/h1-5,14,20H,6-13H2,(H,21,22,24). The summed E-state index contributed by atoms with van der Waals surface area (Å²) in [7, 11) is 0. The number of benzene rings is 1. The molecule has 2 N–H and O–H groups in total. The number of aromatic nitrogens is 1. The first-order chi connectivity index (χ1) is 12.3. The van der Waals surface area contributed by atoms with Gasteiger partial charge >= 0.3 is 0 Å². The Kier molecular flexibility index (Phi) is 5.10. The fraction of sp³-hybridized carbons (Fsp3) is 0.474. The molecule has 1 aliphatic carbocycles. The molecule has 1 amide bonds. The third-order valence-corrected chi connectivity index (χ3v) is 5.72. The SMILES string of the molecule is O=C(CNCC1CC1)Nc1nc2c(s1)CN(Cc1ccccc1)CC2. The van der Waals surface area contributed by atoms with Gasteiger partial charge in [-0.1, -0.05) is 30.3 Å². The van der Waals surface area contributed by atoms with Gasteiger partial charge in [0.2, 0.25) is 5.91 Å². The van der Waals surface area contributed by atoms with E-state index in [2.05, 4.69) is 50.8 Å². The molecule has 0 unspecified atom stereocenters. The molecule has 5 nitrogen and oxygen atoms in total. The van der Waals surface area contributed by atoms with Crippen LogP contribution in [0.5, 0.6) is 0 Å². The minimum absolute atomic E-state index is 0.00730. The summed E-state index contributed by atoms with van der Waals surface area (Å²) in [4.78, 5) is 20.4. The molecule has 1 aromatic carbocycles. The van der Waals surface area contributed by atoms with Crippen molar-refractivity contribution in [1.29, 1.82) is 0 Å². The third-order valence-electron chi connectivity index (χ3n) is 4.72. The Labute approximate surface area is 152 Å². The zero-order valence-corrected chi connectivity index (χ0v) is 15.1. The molecule has 1 aliphatic heterocycles. The summed E-state index contributed by atoms with van der Waals surface area (Å²) < 4.78 is 0. The Morgan fingerprint density at radius 2 is 2.12 bits per heavy atom. The van der Waals surface area contributed by atoms with E-state index in [1.807, 2.05) is 0 Å². The summed E-state index contributed by atoms with van der Waals surface area (Å²) in [6.07, 6.45) is 3.55. The van der Waals surface area contributed by atoms with E-state index in [1.54, 1.807) is 11.3 Å². The van der Waals surface area contributed by atoms with Crippen LogP contribution in [0.2, 0.25) is 0 Å². The Bertz CT molecular complexity index is 726. The van der Waals surface area contributed by atoms with E-state index >= 15 is 0 Å². The fourth-order valence-electron chi connectivity index (χ4n) is 3.15. The van der Waals surface area contributed by atoms with E-state index in [9.17, 15) is 4.79 Å². The highest BCUT2D eigenvalue weighted by molar-refractivity contribution is 7.15. The van der Waals surface area contributed by atoms with Crippen LogP contribution in [0.3, 0.4) is 0 Å². The van der Waals surface area contributed by atoms with Crippen molar-refractivity contribution in [2.75, 3.05) is 25.0 Å². The van der Waals surface area contributed by atoms with Crippen LogP contribution in [0, 0.1) is 5.92 Å². The zero-order chi connectivity index (χ0) is 17.1. The van der Waals surface area contributed by atoms with Crippen LogP contribution in [0.4, 0.5) is 5.13 Å². The van der Waals surface area contributed by atoms with Gasteiger partial charge < -0.3 is 10.6 Å². The first kappa shape index (κ1) is 16.7. The second kappa shape index (κ2) is 7.64. The number of nitrogens with zero attached hydrogens (tertiary/aromatic N) is 2. The Hall–Kier alpha value is -1.76. The van der Waals surface area contributed by atoms with Crippen LogP contribution in [0.1, 0.15) is 29.0 Å². The normalized spacial score (nSPS) is 17.3. The van der Waals surface area contributed by atoms with Gasteiger partial charge in [0, 0.05) is 30.9 Å². The van der Waals surface area contributed by atoms with Crippen molar-refractivity contribution in [3.63, 3.8) is 0 Å². The summed E-state index contributed by atoms with van der Waals surface area (Å²) >= 11 is 1.62. The van der Waals surface area contributed by atoms with Gasteiger partial charge in [0.25, 0.3) is 0 Å². The van der Waals surface area contributed by atoms with E-state index in [-0.39, 0.29) is 5.91 Å². The Balaban J connectivity index is 1.30. The van der Waals surface area contributed by atoms with Crippen molar-refractivity contribution >= 4 is 22.4 Å². The van der Waals surface area contributed by atoms with Crippen LogP contribution in [-0.2, 0) is 24.3 Å². The molecule has 4 rings (SSSR count). The van der Waals surface area contributed by atoms with Crippen LogP contribution >= 0.6 is 11.3 Å². The van der Waals surface area contributed by atoms with Gasteiger partial charge in [0.1, 0.15) is 0 Å². The van der Waals surface area contributed by atoms with Crippen molar-refractivity contribution in [3.05, 3.63) is 46.5 Å². The number of thiazole rings is 1. The smallest absolute Gasteiger partial charge is 0.240 e. The molecule has 0 saturated heterocycles. The van der Waals surface area contributed by atoms with E-state index < -0.39 is 0 Å². The summed E-state index contributed by atoms with van der Waals surface area (Å²) in [5, 5.41) is 6.91. The number of hydrogen-bond donors (Lipinski definition) is 2. The Morgan fingerprint density at radius 1 is 1.28 bits per heavy atom. The van der Waals surface area contributed by atoms with Crippen LogP contribution < -0.4 is 10.6 Å². The maximum absolute atomic E-state index is 12.0. The molecule has 2 heterocycles. The molecular weight excluding hydrogens is 332 g/mol. The average Bonchev–Trinajstić information content (AvgIpc) is 3.34. The molecule has 0 bridgehead atoms. The number of hydrogen-bond acceptors (Lipinski definition) is 5. The number of amides is 1. The van der Waals surface area contributed by atoms with Crippen molar-refractivity contribution in [2.24, 2.45) is 5.92 Å². The summed E-state index contributed by atoms with van der Waals surface area (Å²) in [6.45, 7) is 4.22. The van der Waals surface area contributed by atoms with Gasteiger partial charge in [-0.3, -0.25) is 9.69 Å². The molecule has 0 atom stereocenters. The lowest BCUT2D eigenvalue weighted by atomic mass is 10.1. The summed E-state index contributed by atoms with van der Waals surface area (Å²) in [5.74, 6) is 0.795. The molecule has 1 aromatic heterocycles. The van der Waals surface area contributed by atoms with Gasteiger partial charge in [-0.05, 0) is 30.9 Å². The molecule has 6 heteroatoms. The molecule has 0 spiro atoms. The van der Waals surface area contributed by atoms with Crippen molar-refractivity contribution in [1.82, 2.24) is 15.2 Å². The van der Waals surface area contributed by atoms with Gasteiger partial charge in [0.05, 0.1) is 12.2 Å². The maximum Gasteiger partial charge on any atom is 0.240 e. The molecule has 1 saturated carbocycles. The highest BCUT2D eigenvalue weighted by atomic mass is 32.1. The van der Waals surface area contributed by atoms with E-state index in [0.29, 0.717) is 6.54 Å². The van der Waals surface area contributed by atoms with E-state index in [4.69, 9.17) is 0 Å². The van der Waals surface area contributed by atoms with Crippen molar-refractivity contribution in [3.8, 4) is 0 Å². The summed E-state index contributed by atoms with van der Waals surface area (Å²) in [6, 6.07) is 10.6. The zero-order valence-electron chi connectivity index (χ0n) is 14.3. The van der Waals surface area contributed by atoms with Crippen molar-refractivity contribution in [2.45, 2.75) is 32.4 Å². The average molecular weight is 356 g/mol. The quantitative estimate of drug-likeness (QED) is 0.801. The predicted molar refractivity (Wildman–Crippen MR) is 101 cm³/mol. The Morgan fingerprint density at radius 3 is 2.92 bits per heavy atom. The van der Waals surface area contributed by atoms with Crippen LogP contribution in [0.15, 0.2) is 30.3 Å². The topological polar surface area (TPSA) is 57.3 Å². The van der Waals surface area contributed by atoms with E-state index in [1.165, 1.54) is 23.3 Å². The molecule has 0 radical (unpaired) electrons. The van der Waals surface area contributed by atoms with Crippen LogP contribution in [-0.4, -0.2) is 35.4 Å². The molecule has 2 aliphatic rings. The van der Waals surface area contributed by atoms with E-state index in [0.717, 1.165) is 49.3 Å². The highest BCUT2D eigenvalue weighted by Gasteiger charge is 2.22. The van der Waals surface area contributed by atoms with Crippen molar-refractivity contribution < 1.29 is 4.79 Å². The molecular formula is C19H24N4OS. The lowest BCUT2D eigenvalue weighted by molar-refractivity contribution is -0.115. The lowest BCUT2D eigenvalue weighted by Crippen LogP contribution is -2.29. The molecule has 2 aromatic rings. The first-order valence-electron chi connectivity index (χ1n) is 9.02. The predicted octanol–water partition coefficient (Wildman–Crippen LogP) is 2.64. The number of carbonyl (C=O) groups excluding carboxylic acids is 1. The molecule has 1 fully saturated rings. The second-order valence-corrected chi connectivity index (χ2v) is 8.04. The number of carbonyl (C=O) groups is 1. The summed E-state index contributed by atoms with van der Waals surface area (Å²) in [5.41, 5.74) is 2.49. The number of fused-ring (bicyclic) bond motifs is 1. The second-order valence-electron chi connectivity index (χ2n) is 6.96. The molecule has 132 valence electrons. The maximum atomic E-state index is 12.0. The minimum atomic E-state index is 0.00730. The van der Waals surface area contributed by atoms with Gasteiger partial charge in [-0.25, -0.2) is 4.98 Å². The first-order valence-corrected chi connectivity index (χ1v) is 9.83. The van der Waals surface area contributed by atoms with Gasteiger partial charge in [0.15, 0.2) is 5.13 Å². The fourth-order valence-corrected chi connectivity index (χ4v) is 4.22. The molecule has 25 heavy (non-hydrogen) atoms. The number of rotatable bonds is 7. The largest absolute Gasteiger partial charge is 0.308 e. The van der Waals surface area contributed by atoms with Crippen LogP contribution in [0.25, 0.3) is 0 Å². The minimum Gasteiger partial charge on any atom is -0.308 e. The third kappa shape index (κ3) is 4.66.